The summed E-state index contributed by atoms with van der Waals surface area (Å²) >= 11 is 3.40. The van der Waals surface area contributed by atoms with Gasteiger partial charge in [-0.2, -0.15) is 0 Å². The van der Waals surface area contributed by atoms with Crippen molar-refractivity contribution in [3.8, 4) is 0 Å². The maximum absolute atomic E-state index is 11.5. The number of nitrogens with one attached hydrogen (secondary N) is 1. The minimum Gasteiger partial charge on any atom is -0.381 e. The van der Waals surface area contributed by atoms with Crippen molar-refractivity contribution in [2.75, 3.05) is 12.8 Å². The summed E-state index contributed by atoms with van der Waals surface area (Å²) in [6.45, 7) is 0.529. The summed E-state index contributed by atoms with van der Waals surface area (Å²) in [5.74, 6) is 0. The van der Waals surface area contributed by atoms with Gasteiger partial charge in [-0.15, -0.1) is 0 Å². The van der Waals surface area contributed by atoms with Crippen LogP contribution in [0.1, 0.15) is 5.56 Å². The van der Waals surface area contributed by atoms with E-state index in [2.05, 4.69) is 21.2 Å². The van der Waals surface area contributed by atoms with E-state index in [0.29, 0.717) is 11.4 Å². The van der Waals surface area contributed by atoms with E-state index >= 15 is 0 Å². The molecule has 1 N–H and O–H groups in total. The summed E-state index contributed by atoms with van der Waals surface area (Å²) < 4.78 is 23.9. The number of sulfone groups is 1. The van der Waals surface area contributed by atoms with Gasteiger partial charge >= 0.3 is 0 Å². The number of dihydropyridines is 1. The van der Waals surface area contributed by atoms with Crippen LogP contribution in [0.2, 0.25) is 0 Å². The molecule has 0 spiro atoms. The summed E-state index contributed by atoms with van der Waals surface area (Å²) in [5, 5.41) is 3.16. The van der Waals surface area contributed by atoms with Gasteiger partial charge in [0.1, 0.15) is 0 Å². The summed E-state index contributed by atoms with van der Waals surface area (Å²) in [7, 11) is -3.14. The Morgan fingerprint density at radius 3 is 2.76 bits per heavy atom. The molecule has 2 rings (SSSR count). The van der Waals surface area contributed by atoms with Gasteiger partial charge in [0.2, 0.25) is 0 Å². The number of hydrogen-bond donors (Lipinski definition) is 1. The smallest absolute Gasteiger partial charge is 0.175 e. The van der Waals surface area contributed by atoms with Crippen molar-refractivity contribution >= 4 is 31.5 Å². The zero-order chi connectivity index (χ0) is 12.5. The van der Waals surface area contributed by atoms with E-state index in [1.807, 2.05) is 24.3 Å². The number of benzene rings is 1. The molecular formula is C12H12BrNO2S. The zero-order valence-corrected chi connectivity index (χ0v) is 11.7. The molecule has 17 heavy (non-hydrogen) atoms. The second kappa shape index (κ2) is 4.66. The van der Waals surface area contributed by atoms with E-state index in [0.717, 1.165) is 15.7 Å². The summed E-state index contributed by atoms with van der Waals surface area (Å²) in [6.07, 6.45) is 4.57. The van der Waals surface area contributed by atoms with Crippen LogP contribution in [-0.4, -0.2) is 21.2 Å². The highest BCUT2D eigenvalue weighted by molar-refractivity contribution is 9.10. The molecule has 0 atom stereocenters. The molecule has 1 aliphatic heterocycles. The van der Waals surface area contributed by atoms with Gasteiger partial charge in [0.15, 0.2) is 9.84 Å². The normalized spacial score (nSPS) is 15.9. The van der Waals surface area contributed by atoms with Crippen LogP contribution in [0.5, 0.6) is 0 Å². The van der Waals surface area contributed by atoms with Crippen molar-refractivity contribution in [2.45, 2.75) is 0 Å². The third kappa shape index (κ3) is 2.98. The minimum atomic E-state index is -3.14. The SMILES string of the molecule is CS(=O)(=O)C1=CCNC(c2cccc(Br)c2)=C1. The summed E-state index contributed by atoms with van der Waals surface area (Å²) in [5.41, 5.74) is 1.79. The molecule has 1 aromatic carbocycles. The van der Waals surface area contributed by atoms with E-state index < -0.39 is 9.84 Å². The highest BCUT2D eigenvalue weighted by Crippen LogP contribution is 2.22. The molecule has 1 aliphatic rings. The van der Waals surface area contributed by atoms with Crippen molar-refractivity contribution < 1.29 is 8.42 Å². The predicted molar refractivity (Wildman–Crippen MR) is 73.0 cm³/mol. The second-order valence-corrected chi connectivity index (χ2v) is 6.76. The number of halogens is 1. The highest BCUT2D eigenvalue weighted by atomic mass is 79.9. The lowest BCUT2D eigenvalue weighted by Crippen LogP contribution is -2.18. The average Bonchev–Trinajstić information content (AvgIpc) is 2.28. The second-order valence-electron chi connectivity index (χ2n) is 3.83. The molecule has 0 aromatic heterocycles. The van der Waals surface area contributed by atoms with E-state index in [-0.39, 0.29) is 0 Å². The van der Waals surface area contributed by atoms with Crippen LogP contribution in [0.25, 0.3) is 5.70 Å². The number of hydrogen-bond acceptors (Lipinski definition) is 3. The maximum atomic E-state index is 11.5. The quantitative estimate of drug-likeness (QED) is 0.911. The van der Waals surface area contributed by atoms with E-state index in [4.69, 9.17) is 0 Å². The van der Waals surface area contributed by atoms with Gasteiger partial charge in [0.25, 0.3) is 0 Å². The average molecular weight is 314 g/mol. The first-order valence-electron chi connectivity index (χ1n) is 5.08. The molecule has 0 radical (unpaired) electrons. The van der Waals surface area contributed by atoms with Crippen LogP contribution in [0.15, 0.2) is 45.8 Å². The molecule has 1 heterocycles. The van der Waals surface area contributed by atoms with Gasteiger partial charge in [-0.3, -0.25) is 0 Å². The van der Waals surface area contributed by atoms with Crippen LogP contribution in [0, 0.1) is 0 Å². The lowest BCUT2D eigenvalue weighted by molar-refractivity contribution is 0.608. The van der Waals surface area contributed by atoms with Gasteiger partial charge in [0, 0.05) is 23.0 Å². The standard InChI is InChI=1S/C12H12BrNO2S/c1-17(15,16)11-5-6-14-12(8-11)9-3-2-4-10(13)7-9/h2-5,7-8,14H,6H2,1H3. The van der Waals surface area contributed by atoms with Crippen molar-refractivity contribution in [2.24, 2.45) is 0 Å². The van der Waals surface area contributed by atoms with Gasteiger partial charge in [0.05, 0.1) is 4.91 Å². The Bertz CT molecular complexity index is 603. The topological polar surface area (TPSA) is 46.2 Å². The molecule has 0 fully saturated rings. The fourth-order valence-corrected chi connectivity index (χ4v) is 2.73. The third-order valence-corrected chi connectivity index (χ3v) is 4.08. The van der Waals surface area contributed by atoms with Crippen molar-refractivity contribution in [3.05, 3.63) is 51.4 Å². The highest BCUT2D eigenvalue weighted by Gasteiger charge is 2.14. The number of rotatable bonds is 2. The van der Waals surface area contributed by atoms with E-state index in [1.54, 1.807) is 12.2 Å². The number of allylic oxidation sites excluding steroid dienone is 1. The Kier molecular flexibility index (Phi) is 3.40. The first-order valence-corrected chi connectivity index (χ1v) is 7.77. The lowest BCUT2D eigenvalue weighted by atomic mass is 10.1. The molecular weight excluding hydrogens is 302 g/mol. The molecule has 3 nitrogen and oxygen atoms in total. The van der Waals surface area contributed by atoms with Gasteiger partial charge in [-0.1, -0.05) is 28.1 Å². The van der Waals surface area contributed by atoms with Crippen LogP contribution >= 0.6 is 15.9 Å². The Morgan fingerprint density at radius 1 is 1.35 bits per heavy atom. The minimum absolute atomic E-state index is 0.367. The van der Waals surface area contributed by atoms with E-state index in [9.17, 15) is 8.42 Å². The molecule has 0 aliphatic carbocycles. The monoisotopic (exact) mass is 313 g/mol. The molecule has 0 saturated carbocycles. The lowest BCUT2D eigenvalue weighted by Gasteiger charge is -2.15. The molecule has 90 valence electrons. The van der Waals surface area contributed by atoms with Gasteiger partial charge in [-0.25, -0.2) is 8.42 Å². The maximum Gasteiger partial charge on any atom is 0.175 e. The first kappa shape index (κ1) is 12.4. The van der Waals surface area contributed by atoms with Crippen LogP contribution in [0.4, 0.5) is 0 Å². The predicted octanol–water partition coefficient (Wildman–Crippen LogP) is 2.32. The van der Waals surface area contributed by atoms with Crippen molar-refractivity contribution in [1.82, 2.24) is 5.32 Å². The molecule has 0 unspecified atom stereocenters. The van der Waals surface area contributed by atoms with Crippen molar-refractivity contribution in [3.63, 3.8) is 0 Å². The summed E-state index contributed by atoms with van der Waals surface area (Å²) in [4.78, 5) is 0.367. The Hall–Kier alpha value is -1.07. The molecule has 0 amide bonds. The van der Waals surface area contributed by atoms with Crippen LogP contribution in [-0.2, 0) is 9.84 Å². The molecule has 5 heteroatoms. The Labute approximate surface area is 109 Å². The fourth-order valence-electron chi connectivity index (χ4n) is 1.61. The molecule has 0 bridgehead atoms. The van der Waals surface area contributed by atoms with Crippen LogP contribution in [0.3, 0.4) is 0 Å². The zero-order valence-electron chi connectivity index (χ0n) is 9.27. The largest absolute Gasteiger partial charge is 0.381 e. The first-order chi connectivity index (χ1) is 7.97. The molecule has 0 saturated heterocycles. The van der Waals surface area contributed by atoms with E-state index in [1.165, 1.54) is 6.26 Å². The third-order valence-electron chi connectivity index (χ3n) is 2.45. The fraction of sp³-hybridized carbons (Fsp3) is 0.167. The Balaban J connectivity index is 2.41. The van der Waals surface area contributed by atoms with Crippen LogP contribution < -0.4 is 5.32 Å². The molecule has 1 aromatic rings. The Morgan fingerprint density at radius 2 is 2.12 bits per heavy atom. The summed E-state index contributed by atoms with van der Waals surface area (Å²) in [6, 6.07) is 7.74. The van der Waals surface area contributed by atoms with Crippen molar-refractivity contribution in [1.29, 1.82) is 0 Å². The van der Waals surface area contributed by atoms with Gasteiger partial charge in [-0.05, 0) is 29.8 Å². The van der Waals surface area contributed by atoms with Gasteiger partial charge < -0.3 is 5.32 Å².